The Balaban J connectivity index is 1.81. The molecule has 1 aromatic carbocycles. The third-order valence-electron chi connectivity index (χ3n) is 3.87. The van der Waals surface area contributed by atoms with Gasteiger partial charge in [-0.15, -0.1) is 0 Å². The molecule has 1 aromatic heterocycles. The fourth-order valence-corrected chi connectivity index (χ4v) is 2.72. The number of carbonyl (C=O) groups is 1. The van der Waals surface area contributed by atoms with Crippen LogP contribution in [0.4, 0.5) is 4.39 Å². The van der Waals surface area contributed by atoms with Crippen LogP contribution in [-0.2, 0) is 4.79 Å². The summed E-state index contributed by atoms with van der Waals surface area (Å²) in [6, 6.07) is 6.28. The van der Waals surface area contributed by atoms with E-state index in [1.807, 2.05) is 0 Å². The van der Waals surface area contributed by atoms with E-state index in [9.17, 15) is 9.18 Å². The monoisotopic (exact) mass is 273 g/mol. The van der Waals surface area contributed by atoms with E-state index in [4.69, 9.17) is 4.74 Å². The molecule has 0 bridgehead atoms. The maximum Gasteiger partial charge on any atom is 0.130 e. The first-order valence-electron chi connectivity index (χ1n) is 6.92. The molecule has 0 N–H and O–H groups in total. The van der Waals surface area contributed by atoms with Crippen LogP contribution in [0.25, 0.3) is 10.9 Å². The van der Waals surface area contributed by atoms with Crippen LogP contribution in [0.2, 0.25) is 0 Å². The molecule has 20 heavy (non-hydrogen) atoms. The first kappa shape index (κ1) is 13.0. The first-order chi connectivity index (χ1) is 9.76. The highest BCUT2D eigenvalue weighted by atomic mass is 19.1. The molecule has 1 aliphatic rings. The highest BCUT2D eigenvalue weighted by Crippen LogP contribution is 2.30. The number of halogens is 1. The van der Waals surface area contributed by atoms with Gasteiger partial charge in [-0.3, -0.25) is 4.98 Å². The minimum atomic E-state index is -0.292. The molecular formula is C16H16FNO2. The summed E-state index contributed by atoms with van der Waals surface area (Å²) >= 11 is 0. The molecule has 0 aliphatic heterocycles. The fraction of sp³-hybridized carbons (Fsp3) is 0.375. The Morgan fingerprint density at radius 1 is 1.20 bits per heavy atom. The second-order valence-corrected chi connectivity index (χ2v) is 5.26. The Morgan fingerprint density at radius 2 is 2.00 bits per heavy atom. The van der Waals surface area contributed by atoms with Gasteiger partial charge >= 0.3 is 0 Å². The van der Waals surface area contributed by atoms with E-state index in [0.29, 0.717) is 11.1 Å². The lowest BCUT2D eigenvalue weighted by atomic mass is 9.88. The molecule has 0 unspecified atom stereocenters. The van der Waals surface area contributed by atoms with Crippen molar-refractivity contribution in [2.24, 2.45) is 5.92 Å². The highest BCUT2D eigenvalue weighted by molar-refractivity contribution is 5.84. The van der Waals surface area contributed by atoms with Crippen LogP contribution < -0.4 is 4.74 Å². The van der Waals surface area contributed by atoms with Gasteiger partial charge in [0.25, 0.3) is 0 Å². The van der Waals surface area contributed by atoms with Crippen molar-refractivity contribution < 1.29 is 13.9 Å². The lowest BCUT2D eigenvalue weighted by Gasteiger charge is -2.26. The molecular weight excluding hydrogens is 257 g/mol. The van der Waals surface area contributed by atoms with Gasteiger partial charge in [0.05, 0.1) is 11.6 Å². The predicted molar refractivity (Wildman–Crippen MR) is 74.1 cm³/mol. The molecule has 3 rings (SSSR count). The molecule has 2 aromatic rings. The summed E-state index contributed by atoms with van der Waals surface area (Å²) in [6.07, 6.45) is 6.27. The van der Waals surface area contributed by atoms with Gasteiger partial charge in [-0.1, -0.05) is 0 Å². The van der Waals surface area contributed by atoms with Crippen molar-refractivity contribution in [1.82, 2.24) is 4.98 Å². The molecule has 0 saturated heterocycles. The molecule has 0 spiro atoms. The number of ether oxygens (including phenoxy) is 1. The molecule has 1 heterocycles. The number of aromatic nitrogens is 1. The standard InChI is InChI=1S/C16H16FNO2/c17-12-3-6-15-14(9-12)16(7-8-18-15)20-13-4-1-11(10-19)2-5-13/h3,6-11,13H,1-2,4-5H2. The number of hydrogen-bond acceptors (Lipinski definition) is 3. The van der Waals surface area contributed by atoms with Crippen molar-refractivity contribution in [3.8, 4) is 5.75 Å². The summed E-state index contributed by atoms with van der Waals surface area (Å²) in [4.78, 5) is 15.0. The number of pyridine rings is 1. The normalized spacial score (nSPS) is 22.6. The number of fused-ring (bicyclic) bond motifs is 1. The lowest BCUT2D eigenvalue weighted by Crippen LogP contribution is -2.24. The third-order valence-corrected chi connectivity index (χ3v) is 3.87. The van der Waals surface area contributed by atoms with E-state index in [2.05, 4.69) is 4.98 Å². The summed E-state index contributed by atoms with van der Waals surface area (Å²) in [5.41, 5.74) is 0.727. The van der Waals surface area contributed by atoms with E-state index in [1.165, 1.54) is 12.1 Å². The molecule has 3 nitrogen and oxygen atoms in total. The number of aldehydes is 1. The van der Waals surface area contributed by atoms with Crippen molar-refractivity contribution in [3.05, 3.63) is 36.3 Å². The van der Waals surface area contributed by atoms with Gasteiger partial charge in [0, 0.05) is 17.5 Å². The topological polar surface area (TPSA) is 39.2 Å². The largest absolute Gasteiger partial charge is 0.490 e. The van der Waals surface area contributed by atoms with Crippen LogP contribution in [0.5, 0.6) is 5.75 Å². The zero-order valence-electron chi connectivity index (χ0n) is 11.1. The Hall–Kier alpha value is -1.97. The van der Waals surface area contributed by atoms with E-state index >= 15 is 0 Å². The third kappa shape index (κ3) is 2.64. The van der Waals surface area contributed by atoms with Crippen molar-refractivity contribution >= 4 is 17.2 Å². The Morgan fingerprint density at radius 3 is 2.75 bits per heavy atom. The maximum absolute atomic E-state index is 13.4. The van der Waals surface area contributed by atoms with Crippen molar-refractivity contribution in [1.29, 1.82) is 0 Å². The number of carbonyl (C=O) groups excluding carboxylic acids is 1. The summed E-state index contributed by atoms with van der Waals surface area (Å²) in [5.74, 6) is 0.547. The van der Waals surface area contributed by atoms with Crippen LogP contribution in [0.3, 0.4) is 0 Å². The molecule has 1 saturated carbocycles. The van der Waals surface area contributed by atoms with Gasteiger partial charge in [-0.25, -0.2) is 4.39 Å². The van der Waals surface area contributed by atoms with Crippen LogP contribution in [0.1, 0.15) is 25.7 Å². The van der Waals surface area contributed by atoms with Gasteiger partial charge in [0.1, 0.15) is 17.9 Å². The van der Waals surface area contributed by atoms with E-state index < -0.39 is 0 Å². The van der Waals surface area contributed by atoms with Gasteiger partial charge in [0.2, 0.25) is 0 Å². The van der Waals surface area contributed by atoms with Crippen molar-refractivity contribution in [2.45, 2.75) is 31.8 Å². The van der Waals surface area contributed by atoms with E-state index in [-0.39, 0.29) is 17.8 Å². The second kappa shape index (κ2) is 5.57. The fourth-order valence-electron chi connectivity index (χ4n) is 2.72. The van der Waals surface area contributed by atoms with Crippen LogP contribution >= 0.6 is 0 Å². The van der Waals surface area contributed by atoms with Gasteiger partial charge in [-0.2, -0.15) is 0 Å². The summed E-state index contributed by atoms with van der Waals surface area (Å²) in [5, 5.41) is 0.699. The minimum absolute atomic E-state index is 0.0973. The number of benzene rings is 1. The molecule has 0 radical (unpaired) electrons. The summed E-state index contributed by atoms with van der Waals surface area (Å²) in [6.45, 7) is 0. The zero-order chi connectivity index (χ0) is 13.9. The molecule has 1 aliphatic carbocycles. The number of nitrogens with zero attached hydrogens (tertiary/aromatic N) is 1. The SMILES string of the molecule is O=CC1CCC(Oc2ccnc3ccc(F)cc23)CC1. The molecule has 0 amide bonds. The molecule has 1 fully saturated rings. The van der Waals surface area contributed by atoms with Gasteiger partial charge in [0.15, 0.2) is 0 Å². The Kier molecular flexibility index (Phi) is 3.63. The second-order valence-electron chi connectivity index (χ2n) is 5.26. The maximum atomic E-state index is 13.4. The molecule has 0 atom stereocenters. The van der Waals surface area contributed by atoms with Crippen LogP contribution in [0, 0.1) is 11.7 Å². The lowest BCUT2D eigenvalue weighted by molar-refractivity contribution is -0.112. The smallest absolute Gasteiger partial charge is 0.130 e. The number of hydrogen-bond donors (Lipinski definition) is 0. The summed E-state index contributed by atoms with van der Waals surface area (Å²) in [7, 11) is 0. The Bertz CT molecular complexity index is 621. The van der Waals surface area contributed by atoms with Crippen molar-refractivity contribution in [3.63, 3.8) is 0 Å². The van der Waals surface area contributed by atoms with Crippen molar-refractivity contribution in [2.75, 3.05) is 0 Å². The van der Waals surface area contributed by atoms with Gasteiger partial charge in [-0.05, 0) is 49.9 Å². The average molecular weight is 273 g/mol. The quantitative estimate of drug-likeness (QED) is 0.803. The first-order valence-corrected chi connectivity index (χ1v) is 6.92. The average Bonchev–Trinajstić information content (AvgIpc) is 2.49. The van der Waals surface area contributed by atoms with E-state index in [0.717, 1.165) is 37.5 Å². The highest BCUT2D eigenvalue weighted by Gasteiger charge is 2.22. The van der Waals surface area contributed by atoms with Crippen LogP contribution in [0.15, 0.2) is 30.5 Å². The zero-order valence-corrected chi connectivity index (χ0v) is 11.1. The van der Waals surface area contributed by atoms with Crippen LogP contribution in [-0.4, -0.2) is 17.4 Å². The minimum Gasteiger partial charge on any atom is -0.490 e. The summed E-state index contributed by atoms with van der Waals surface area (Å²) < 4.78 is 19.4. The predicted octanol–water partition coefficient (Wildman–Crippen LogP) is 3.51. The number of rotatable bonds is 3. The van der Waals surface area contributed by atoms with Gasteiger partial charge < -0.3 is 9.53 Å². The molecule has 104 valence electrons. The Labute approximate surface area is 116 Å². The molecule has 4 heteroatoms. The van der Waals surface area contributed by atoms with E-state index in [1.54, 1.807) is 18.3 Å².